The Kier molecular flexibility index (Phi) is 3.93. The average molecular weight is 239 g/mol. The van der Waals surface area contributed by atoms with Crippen molar-refractivity contribution in [3.05, 3.63) is 28.2 Å². The van der Waals surface area contributed by atoms with Gasteiger partial charge < -0.3 is 0 Å². The van der Waals surface area contributed by atoms with E-state index in [1.54, 1.807) is 24.3 Å². The summed E-state index contributed by atoms with van der Waals surface area (Å²) in [6.07, 6.45) is 0. The fourth-order valence-corrected chi connectivity index (χ4v) is 1.22. The lowest BCUT2D eigenvalue weighted by Crippen LogP contribution is -1.96. The lowest BCUT2D eigenvalue weighted by molar-refractivity contribution is 1.34. The fraction of sp³-hybridized carbons (Fsp3) is 0. The van der Waals surface area contributed by atoms with Crippen LogP contribution in [0, 0.1) is 22.7 Å². The number of rotatable bonds is 2. The largest absolute Gasteiger partial charge is 0.275 e. The predicted molar refractivity (Wildman–Crippen MR) is 58.7 cm³/mol. The van der Waals surface area contributed by atoms with Gasteiger partial charge in [0.05, 0.1) is 10.7 Å². The molecule has 15 heavy (non-hydrogen) atoms. The first kappa shape index (κ1) is 11.3. The minimum Gasteiger partial charge on any atom is -0.275 e. The molecule has 0 aliphatic carbocycles. The van der Waals surface area contributed by atoms with Gasteiger partial charge in [-0.25, -0.2) is 0 Å². The van der Waals surface area contributed by atoms with E-state index in [2.05, 4.69) is 10.5 Å². The number of hydrogen-bond donors (Lipinski definition) is 1. The van der Waals surface area contributed by atoms with Gasteiger partial charge in [-0.05, 0) is 18.2 Å². The van der Waals surface area contributed by atoms with Crippen molar-refractivity contribution in [1.29, 1.82) is 10.5 Å². The quantitative estimate of drug-likeness (QED) is 0.637. The number of hydrogen-bond acceptors (Lipinski definition) is 4. The second-order valence-corrected chi connectivity index (χ2v) is 3.26. The third-order valence-electron chi connectivity index (χ3n) is 1.43. The number of halogens is 2. The lowest BCUT2D eigenvalue weighted by Gasteiger charge is -2.02. The summed E-state index contributed by atoms with van der Waals surface area (Å²) in [7, 11) is 0. The summed E-state index contributed by atoms with van der Waals surface area (Å²) in [5.74, 6) is 0. The van der Waals surface area contributed by atoms with Gasteiger partial charge in [-0.3, -0.25) is 5.43 Å². The Balaban J connectivity index is 2.89. The summed E-state index contributed by atoms with van der Waals surface area (Å²) in [5.41, 5.74) is 2.69. The summed E-state index contributed by atoms with van der Waals surface area (Å²) in [6, 6.07) is 7.96. The van der Waals surface area contributed by atoms with Gasteiger partial charge in [0.2, 0.25) is 5.71 Å². The molecule has 0 aliphatic rings. The first-order valence-electron chi connectivity index (χ1n) is 3.76. The average Bonchev–Trinajstić information content (AvgIpc) is 2.22. The normalized spacial score (nSPS) is 8.53. The van der Waals surface area contributed by atoms with E-state index < -0.39 is 0 Å². The molecular formula is C9H4Cl2N4. The van der Waals surface area contributed by atoms with Gasteiger partial charge in [0.15, 0.2) is 0 Å². The zero-order valence-electron chi connectivity index (χ0n) is 7.33. The van der Waals surface area contributed by atoms with Gasteiger partial charge in [-0.2, -0.15) is 15.6 Å². The fourth-order valence-electron chi connectivity index (χ4n) is 0.771. The highest BCUT2D eigenvalue weighted by Gasteiger charge is 2.00. The summed E-state index contributed by atoms with van der Waals surface area (Å²) in [5, 5.41) is 21.2. The first-order valence-corrected chi connectivity index (χ1v) is 4.52. The third-order valence-corrected chi connectivity index (χ3v) is 1.98. The molecule has 1 aromatic carbocycles. The molecule has 0 aromatic heterocycles. The molecule has 1 N–H and O–H groups in total. The Morgan fingerprint density at radius 3 is 2.47 bits per heavy atom. The van der Waals surface area contributed by atoms with E-state index in [0.29, 0.717) is 15.7 Å². The Bertz CT molecular complexity index is 466. The second-order valence-electron chi connectivity index (χ2n) is 2.42. The van der Waals surface area contributed by atoms with E-state index in [1.165, 1.54) is 6.07 Å². The molecule has 0 radical (unpaired) electrons. The van der Waals surface area contributed by atoms with Crippen molar-refractivity contribution in [3.8, 4) is 12.1 Å². The number of nitrogens with one attached hydrogen (secondary N) is 1. The number of nitrogens with zero attached hydrogens (tertiary/aromatic N) is 3. The van der Waals surface area contributed by atoms with Crippen molar-refractivity contribution < 1.29 is 0 Å². The van der Waals surface area contributed by atoms with Crippen molar-refractivity contribution in [1.82, 2.24) is 0 Å². The van der Waals surface area contributed by atoms with Crippen molar-refractivity contribution in [2.24, 2.45) is 5.10 Å². The van der Waals surface area contributed by atoms with Crippen molar-refractivity contribution in [2.75, 3.05) is 5.43 Å². The van der Waals surface area contributed by atoms with Gasteiger partial charge in [-0.1, -0.05) is 23.2 Å². The number of nitriles is 2. The van der Waals surface area contributed by atoms with Crippen LogP contribution in [0.4, 0.5) is 5.69 Å². The van der Waals surface area contributed by atoms with Crippen LogP contribution in [-0.2, 0) is 0 Å². The lowest BCUT2D eigenvalue weighted by atomic mass is 10.3. The zero-order valence-corrected chi connectivity index (χ0v) is 8.84. The smallest absolute Gasteiger partial charge is 0.237 e. The van der Waals surface area contributed by atoms with E-state index in [0.717, 1.165) is 0 Å². The number of hydrazone groups is 1. The molecule has 6 heteroatoms. The standard InChI is InChI=1S/C9H4Cl2N4/c10-6-1-2-9(8(11)3-6)15-14-7(4-12)5-13/h1-3,15H. The predicted octanol–water partition coefficient (Wildman–Crippen LogP) is 2.81. The molecular weight excluding hydrogens is 235 g/mol. The Morgan fingerprint density at radius 1 is 1.27 bits per heavy atom. The van der Waals surface area contributed by atoms with Crippen LogP contribution in [0.25, 0.3) is 0 Å². The van der Waals surface area contributed by atoms with Crippen LogP contribution in [0.3, 0.4) is 0 Å². The molecule has 0 bridgehead atoms. The van der Waals surface area contributed by atoms with Gasteiger partial charge >= 0.3 is 0 Å². The van der Waals surface area contributed by atoms with Crippen LogP contribution in [0.2, 0.25) is 10.0 Å². The molecule has 0 saturated heterocycles. The Labute approximate surface area is 96.3 Å². The molecule has 0 unspecified atom stereocenters. The summed E-state index contributed by atoms with van der Waals surface area (Å²) in [6.45, 7) is 0. The van der Waals surface area contributed by atoms with Crippen LogP contribution in [0.1, 0.15) is 0 Å². The molecule has 0 aliphatic heterocycles. The minimum atomic E-state index is -0.277. The molecule has 1 aromatic rings. The van der Waals surface area contributed by atoms with Crippen molar-refractivity contribution >= 4 is 34.6 Å². The topological polar surface area (TPSA) is 72.0 Å². The van der Waals surface area contributed by atoms with Gasteiger partial charge in [0.25, 0.3) is 0 Å². The maximum atomic E-state index is 8.42. The highest BCUT2D eigenvalue weighted by molar-refractivity contribution is 6.36. The Hall–Kier alpha value is -1.75. The van der Waals surface area contributed by atoms with Gasteiger partial charge in [0.1, 0.15) is 12.1 Å². The van der Waals surface area contributed by atoms with Crippen LogP contribution in [0.15, 0.2) is 23.3 Å². The molecule has 1 rings (SSSR count). The first-order chi connectivity index (χ1) is 7.17. The van der Waals surface area contributed by atoms with E-state index in [1.807, 2.05) is 0 Å². The molecule has 0 spiro atoms. The number of anilines is 1. The van der Waals surface area contributed by atoms with Crippen LogP contribution < -0.4 is 5.43 Å². The van der Waals surface area contributed by atoms with Crippen molar-refractivity contribution in [3.63, 3.8) is 0 Å². The second kappa shape index (κ2) is 5.21. The van der Waals surface area contributed by atoms with Gasteiger partial charge in [0, 0.05) is 5.02 Å². The van der Waals surface area contributed by atoms with Crippen LogP contribution >= 0.6 is 23.2 Å². The van der Waals surface area contributed by atoms with Crippen LogP contribution in [0.5, 0.6) is 0 Å². The van der Waals surface area contributed by atoms with E-state index in [4.69, 9.17) is 33.7 Å². The third kappa shape index (κ3) is 3.14. The van der Waals surface area contributed by atoms with E-state index >= 15 is 0 Å². The maximum Gasteiger partial charge on any atom is 0.237 e. The molecule has 0 heterocycles. The molecule has 74 valence electrons. The zero-order chi connectivity index (χ0) is 11.3. The molecule has 0 saturated carbocycles. The minimum absolute atomic E-state index is 0.277. The number of benzene rings is 1. The van der Waals surface area contributed by atoms with Crippen molar-refractivity contribution in [2.45, 2.75) is 0 Å². The molecule has 0 atom stereocenters. The highest BCUT2D eigenvalue weighted by atomic mass is 35.5. The maximum absolute atomic E-state index is 8.42. The van der Waals surface area contributed by atoms with E-state index in [9.17, 15) is 0 Å². The van der Waals surface area contributed by atoms with Gasteiger partial charge in [-0.15, -0.1) is 0 Å². The summed E-state index contributed by atoms with van der Waals surface area (Å²) >= 11 is 11.5. The molecule has 4 nitrogen and oxygen atoms in total. The van der Waals surface area contributed by atoms with Crippen LogP contribution in [-0.4, -0.2) is 5.71 Å². The molecule has 0 amide bonds. The summed E-state index contributed by atoms with van der Waals surface area (Å²) < 4.78 is 0. The van der Waals surface area contributed by atoms with E-state index in [-0.39, 0.29) is 5.71 Å². The summed E-state index contributed by atoms with van der Waals surface area (Å²) in [4.78, 5) is 0. The molecule has 0 fully saturated rings. The monoisotopic (exact) mass is 238 g/mol. The SMILES string of the molecule is N#CC(C#N)=NNc1ccc(Cl)cc1Cl. The highest BCUT2D eigenvalue weighted by Crippen LogP contribution is 2.25. The Morgan fingerprint density at radius 2 is 1.93 bits per heavy atom.